The van der Waals surface area contributed by atoms with Gasteiger partial charge in [-0.25, -0.2) is 13.1 Å². The largest absolute Gasteiger partial charge is 0.341 e. The normalized spacial score (nSPS) is 20.7. The molecule has 1 saturated heterocycles. The molecule has 0 aromatic carbocycles. The van der Waals surface area contributed by atoms with E-state index in [1.165, 1.54) is 0 Å². The average molecular weight is 344 g/mol. The lowest BCUT2D eigenvalue weighted by molar-refractivity contribution is -0.133. The molecule has 1 aromatic heterocycles. The van der Waals surface area contributed by atoms with Gasteiger partial charge in [-0.15, -0.1) is 0 Å². The van der Waals surface area contributed by atoms with E-state index in [-0.39, 0.29) is 17.7 Å². The number of hydrogen-bond donors (Lipinski definition) is 1. The summed E-state index contributed by atoms with van der Waals surface area (Å²) in [5.74, 6) is 1.17. The van der Waals surface area contributed by atoms with E-state index in [4.69, 9.17) is 4.52 Å². The monoisotopic (exact) mass is 344 g/mol. The van der Waals surface area contributed by atoms with Crippen molar-refractivity contribution in [3.63, 3.8) is 0 Å². The van der Waals surface area contributed by atoms with E-state index >= 15 is 0 Å². The molecule has 1 aliphatic heterocycles. The maximum Gasteiger partial charge on any atom is 0.240 e. The van der Waals surface area contributed by atoms with Gasteiger partial charge in [0.1, 0.15) is 0 Å². The van der Waals surface area contributed by atoms with Gasteiger partial charge in [-0.2, -0.15) is 4.98 Å². The van der Waals surface area contributed by atoms with Gasteiger partial charge in [0.25, 0.3) is 0 Å². The van der Waals surface area contributed by atoms with Crippen LogP contribution >= 0.6 is 0 Å². The zero-order valence-electron chi connectivity index (χ0n) is 13.9. The van der Waals surface area contributed by atoms with Crippen LogP contribution in [0.2, 0.25) is 0 Å². The summed E-state index contributed by atoms with van der Waals surface area (Å²) in [4.78, 5) is 18.5. The van der Waals surface area contributed by atoms with Gasteiger partial charge in [-0.3, -0.25) is 4.79 Å². The Bertz CT molecular complexity index is 655. The van der Waals surface area contributed by atoms with Crippen LogP contribution in [-0.4, -0.2) is 54.8 Å². The molecule has 1 aliphatic rings. The van der Waals surface area contributed by atoms with Gasteiger partial charge in [0, 0.05) is 24.9 Å². The summed E-state index contributed by atoms with van der Waals surface area (Å²) in [6, 6.07) is -0.778. The molecular weight excluding hydrogens is 320 g/mol. The molecule has 8 nitrogen and oxygen atoms in total. The Morgan fingerprint density at radius 3 is 2.65 bits per heavy atom. The van der Waals surface area contributed by atoms with Gasteiger partial charge in [0.2, 0.25) is 21.8 Å². The lowest BCUT2D eigenvalue weighted by Crippen LogP contribution is -2.49. The number of likely N-dealkylation sites (tertiary alicyclic amines) is 1. The highest BCUT2D eigenvalue weighted by Gasteiger charge is 2.31. The highest BCUT2D eigenvalue weighted by atomic mass is 32.2. The molecule has 2 rings (SSSR count). The van der Waals surface area contributed by atoms with Gasteiger partial charge in [0.05, 0.1) is 12.3 Å². The molecule has 0 spiro atoms. The Kier molecular flexibility index (Phi) is 5.41. The van der Waals surface area contributed by atoms with Crippen molar-refractivity contribution in [2.24, 2.45) is 0 Å². The first-order chi connectivity index (χ1) is 10.7. The molecule has 1 fully saturated rings. The molecule has 130 valence electrons. The van der Waals surface area contributed by atoms with E-state index in [0.717, 1.165) is 19.1 Å². The van der Waals surface area contributed by atoms with Crippen molar-refractivity contribution in [1.29, 1.82) is 0 Å². The Morgan fingerprint density at radius 2 is 2.09 bits per heavy atom. The van der Waals surface area contributed by atoms with Crippen LogP contribution in [0.15, 0.2) is 4.52 Å². The predicted molar refractivity (Wildman–Crippen MR) is 84.4 cm³/mol. The number of carbonyl (C=O) groups excluding carboxylic acids is 1. The van der Waals surface area contributed by atoms with Gasteiger partial charge in [-0.05, 0) is 19.8 Å². The molecule has 0 saturated carbocycles. The summed E-state index contributed by atoms with van der Waals surface area (Å²) in [5.41, 5.74) is 0. The molecule has 1 amide bonds. The second-order valence-corrected chi connectivity index (χ2v) is 8.16. The van der Waals surface area contributed by atoms with Gasteiger partial charge >= 0.3 is 0 Å². The van der Waals surface area contributed by atoms with E-state index in [2.05, 4.69) is 14.9 Å². The fourth-order valence-corrected chi connectivity index (χ4v) is 3.42. The maximum atomic E-state index is 12.4. The average Bonchev–Trinajstić information content (AvgIpc) is 2.95. The number of hydrogen-bond acceptors (Lipinski definition) is 6. The van der Waals surface area contributed by atoms with Crippen molar-refractivity contribution in [1.82, 2.24) is 19.8 Å². The lowest BCUT2D eigenvalue weighted by Gasteiger charge is -2.33. The van der Waals surface area contributed by atoms with Crippen LogP contribution in [0.4, 0.5) is 0 Å². The third kappa shape index (κ3) is 4.74. The number of amides is 1. The number of rotatable bonds is 5. The first kappa shape index (κ1) is 17.9. The highest BCUT2D eigenvalue weighted by Crippen LogP contribution is 2.26. The number of nitrogens with one attached hydrogen (secondary N) is 1. The summed E-state index contributed by atoms with van der Waals surface area (Å²) in [6.07, 6.45) is 2.75. The van der Waals surface area contributed by atoms with Crippen molar-refractivity contribution in [2.45, 2.75) is 51.5 Å². The van der Waals surface area contributed by atoms with Crippen LogP contribution in [-0.2, 0) is 14.8 Å². The second kappa shape index (κ2) is 6.96. The highest BCUT2D eigenvalue weighted by molar-refractivity contribution is 7.88. The van der Waals surface area contributed by atoms with Crippen LogP contribution in [0.5, 0.6) is 0 Å². The third-order valence-corrected chi connectivity index (χ3v) is 4.59. The molecule has 2 atom stereocenters. The molecule has 9 heteroatoms. The molecule has 0 bridgehead atoms. The quantitative estimate of drug-likeness (QED) is 0.848. The summed E-state index contributed by atoms with van der Waals surface area (Å²) >= 11 is 0. The number of sulfonamides is 1. The van der Waals surface area contributed by atoms with E-state index in [1.807, 2.05) is 13.8 Å². The first-order valence-corrected chi connectivity index (χ1v) is 9.66. The molecular formula is C14H24N4O4S. The molecule has 23 heavy (non-hydrogen) atoms. The van der Waals surface area contributed by atoms with Gasteiger partial charge in [-0.1, -0.05) is 19.0 Å². The van der Waals surface area contributed by atoms with Crippen molar-refractivity contribution in [3.05, 3.63) is 11.7 Å². The van der Waals surface area contributed by atoms with Crippen molar-refractivity contribution in [3.8, 4) is 0 Å². The molecule has 0 aliphatic carbocycles. The molecule has 1 aromatic rings. The Morgan fingerprint density at radius 1 is 1.39 bits per heavy atom. The van der Waals surface area contributed by atoms with Crippen LogP contribution in [0.25, 0.3) is 0 Å². The maximum absolute atomic E-state index is 12.4. The summed E-state index contributed by atoms with van der Waals surface area (Å²) < 4.78 is 30.1. The Hall–Kier alpha value is -1.48. The number of nitrogens with zero attached hydrogens (tertiary/aromatic N) is 3. The minimum absolute atomic E-state index is 0.0226. The van der Waals surface area contributed by atoms with Crippen LogP contribution in [0.3, 0.4) is 0 Å². The fourth-order valence-electron chi connectivity index (χ4n) is 2.68. The fraction of sp³-hybridized carbons (Fsp3) is 0.786. The Balaban J connectivity index is 2.03. The SMILES string of the molecule is CC(C)c1nc([C@@H]2CCCN(C(=O)[C@H](C)NS(C)(=O)=O)C2)no1. The summed E-state index contributed by atoms with van der Waals surface area (Å²) in [7, 11) is -3.42. The second-order valence-electron chi connectivity index (χ2n) is 6.38. The minimum atomic E-state index is -3.42. The molecule has 0 radical (unpaired) electrons. The van der Waals surface area contributed by atoms with Crippen molar-refractivity contribution < 1.29 is 17.7 Å². The molecule has 1 N–H and O–H groups in total. The standard InChI is InChI=1S/C14H24N4O4S/c1-9(2)13-15-12(16-22-13)11-6-5-7-18(8-11)14(19)10(3)17-23(4,20)21/h9-11,17H,5-8H2,1-4H3/t10-,11+/m0/s1. The van der Waals surface area contributed by atoms with Gasteiger partial charge in [0.15, 0.2) is 5.82 Å². The number of piperidine rings is 1. The zero-order chi connectivity index (χ0) is 17.2. The van der Waals surface area contributed by atoms with Crippen LogP contribution in [0.1, 0.15) is 57.2 Å². The summed E-state index contributed by atoms with van der Waals surface area (Å²) in [6.45, 7) is 6.60. The smallest absolute Gasteiger partial charge is 0.240 e. The minimum Gasteiger partial charge on any atom is -0.341 e. The molecule has 0 unspecified atom stereocenters. The topological polar surface area (TPSA) is 105 Å². The van der Waals surface area contributed by atoms with Crippen molar-refractivity contribution >= 4 is 15.9 Å². The van der Waals surface area contributed by atoms with E-state index in [0.29, 0.717) is 24.8 Å². The zero-order valence-corrected chi connectivity index (χ0v) is 14.8. The van der Waals surface area contributed by atoms with Crippen molar-refractivity contribution in [2.75, 3.05) is 19.3 Å². The van der Waals surface area contributed by atoms with E-state index in [1.54, 1.807) is 11.8 Å². The first-order valence-electron chi connectivity index (χ1n) is 7.77. The Labute approximate surface area is 136 Å². The lowest BCUT2D eigenvalue weighted by atomic mass is 9.97. The summed E-state index contributed by atoms with van der Waals surface area (Å²) in [5, 5.41) is 4.02. The predicted octanol–water partition coefficient (Wildman–Crippen LogP) is 0.837. The number of carbonyl (C=O) groups is 1. The molecule has 2 heterocycles. The van der Waals surface area contributed by atoms with Gasteiger partial charge < -0.3 is 9.42 Å². The third-order valence-electron chi connectivity index (χ3n) is 3.81. The van der Waals surface area contributed by atoms with Crippen LogP contribution < -0.4 is 4.72 Å². The number of aromatic nitrogens is 2. The van der Waals surface area contributed by atoms with E-state index in [9.17, 15) is 13.2 Å². The van der Waals surface area contributed by atoms with Crippen LogP contribution in [0, 0.1) is 0 Å². The van der Waals surface area contributed by atoms with E-state index < -0.39 is 16.1 Å².